The van der Waals surface area contributed by atoms with Gasteiger partial charge in [-0.25, -0.2) is 19.3 Å². The van der Waals surface area contributed by atoms with Gasteiger partial charge in [-0.1, -0.05) is 12.0 Å². The number of anilines is 3. The average Bonchev–Trinajstić information content (AvgIpc) is 3.19. The fourth-order valence-electron chi connectivity index (χ4n) is 4.53. The number of aryl methyl sites for hydroxylation is 1. The van der Waals surface area contributed by atoms with Crippen molar-refractivity contribution in [1.29, 1.82) is 0 Å². The molecular weight excluding hydrogens is 468 g/mol. The Morgan fingerprint density at radius 3 is 2.57 bits per heavy atom. The molecule has 0 amide bonds. The highest BCUT2D eigenvalue weighted by atomic mass is 16.5. The highest BCUT2D eigenvalue weighted by molar-refractivity contribution is 5.77. The molecule has 0 bridgehead atoms. The summed E-state index contributed by atoms with van der Waals surface area (Å²) in [6, 6.07) is 13.8. The summed E-state index contributed by atoms with van der Waals surface area (Å²) in [6.07, 6.45) is 7.08. The van der Waals surface area contributed by atoms with E-state index in [0.717, 1.165) is 50.7 Å². The van der Waals surface area contributed by atoms with E-state index in [1.54, 1.807) is 11.8 Å². The van der Waals surface area contributed by atoms with E-state index in [9.17, 15) is 4.79 Å². The number of hydrogen-bond donors (Lipinski definition) is 1. The summed E-state index contributed by atoms with van der Waals surface area (Å²) in [5.41, 5.74) is 3.04. The van der Waals surface area contributed by atoms with Crippen LogP contribution in [-0.2, 0) is 11.3 Å². The predicted molar refractivity (Wildman–Crippen MR) is 145 cm³/mol. The van der Waals surface area contributed by atoms with Gasteiger partial charge in [0, 0.05) is 63.1 Å². The van der Waals surface area contributed by atoms with Crippen LogP contribution in [0.1, 0.15) is 5.69 Å². The monoisotopic (exact) mass is 498 g/mol. The first-order chi connectivity index (χ1) is 18.1. The Balaban J connectivity index is 1.37. The van der Waals surface area contributed by atoms with Crippen molar-refractivity contribution in [1.82, 2.24) is 29.2 Å². The number of ether oxygens (including phenoxy) is 1. The summed E-state index contributed by atoms with van der Waals surface area (Å²) >= 11 is 0. The topological polar surface area (TPSA) is 93.3 Å². The summed E-state index contributed by atoms with van der Waals surface area (Å²) < 4.78 is 8.30. The van der Waals surface area contributed by atoms with Gasteiger partial charge in [0.15, 0.2) is 11.5 Å². The molecule has 1 aliphatic rings. The Kier molecular flexibility index (Phi) is 7.16. The van der Waals surface area contributed by atoms with Gasteiger partial charge in [0.2, 0.25) is 5.95 Å². The second kappa shape index (κ2) is 10.8. The van der Waals surface area contributed by atoms with E-state index >= 15 is 0 Å². The highest BCUT2D eigenvalue weighted by Crippen LogP contribution is 2.22. The van der Waals surface area contributed by atoms with Crippen molar-refractivity contribution in [3.05, 3.63) is 64.7 Å². The van der Waals surface area contributed by atoms with E-state index in [1.165, 1.54) is 16.6 Å². The molecule has 37 heavy (non-hydrogen) atoms. The third-order valence-corrected chi connectivity index (χ3v) is 6.48. The van der Waals surface area contributed by atoms with Gasteiger partial charge in [-0.3, -0.25) is 9.69 Å². The van der Waals surface area contributed by atoms with Crippen LogP contribution in [0.4, 0.5) is 17.3 Å². The van der Waals surface area contributed by atoms with E-state index in [0.29, 0.717) is 22.8 Å². The van der Waals surface area contributed by atoms with Crippen LogP contribution >= 0.6 is 0 Å². The quantitative estimate of drug-likeness (QED) is 0.371. The van der Waals surface area contributed by atoms with Crippen molar-refractivity contribution < 1.29 is 4.74 Å². The molecule has 0 unspecified atom stereocenters. The van der Waals surface area contributed by atoms with Crippen molar-refractivity contribution in [2.75, 3.05) is 56.7 Å². The van der Waals surface area contributed by atoms with Crippen molar-refractivity contribution in [3.63, 3.8) is 0 Å². The number of hydrogen-bond acceptors (Lipinski definition) is 8. The summed E-state index contributed by atoms with van der Waals surface area (Å²) in [4.78, 5) is 31.5. The molecule has 190 valence electrons. The molecule has 0 atom stereocenters. The number of terminal acetylenes is 1. The van der Waals surface area contributed by atoms with Crippen molar-refractivity contribution in [2.45, 2.75) is 13.5 Å². The molecule has 1 N–H and O–H groups in total. The molecule has 1 saturated heterocycles. The molecule has 0 radical (unpaired) electrons. The molecule has 4 heterocycles. The van der Waals surface area contributed by atoms with Crippen LogP contribution in [0.5, 0.6) is 0 Å². The van der Waals surface area contributed by atoms with Gasteiger partial charge < -0.3 is 15.0 Å². The van der Waals surface area contributed by atoms with Gasteiger partial charge in [-0.15, -0.1) is 6.42 Å². The number of aromatic nitrogens is 5. The van der Waals surface area contributed by atoms with Crippen LogP contribution in [0.15, 0.2) is 53.5 Å². The van der Waals surface area contributed by atoms with Crippen molar-refractivity contribution in [2.24, 2.45) is 0 Å². The molecule has 0 saturated carbocycles. The molecule has 10 nitrogen and oxygen atoms in total. The molecule has 1 fully saturated rings. The lowest BCUT2D eigenvalue weighted by atomic mass is 10.2. The molecular formula is C27H30N8O2. The maximum atomic E-state index is 13.0. The highest BCUT2D eigenvalue weighted by Gasteiger charge is 2.19. The number of methoxy groups -OCH3 is 1. The third kappa shape index (κ3) is 5.18. The number of rotatable bonds is 8. The van der Waals surface area contributed by atoms with Crippen molar-refractivity contribution >= 4 is 28.4 Å². The smallest absolute Gasteiger partial charge is 0.279 e. The minimum Gasteiger partial charge on any atom is -0.383 e. The molecule has 0 aliphatic carbocycles. The van der Waals surface area contributed by atoms with E-state index in [-0.39, 0.29) is 12.1 Å². The van der Waals surface area contributed by atoms with Crippen LogP contribution in [0.25, 0.3) is 16.9 Å². The van der Waals surface area contributed by atoms with Gasteiger partial charge in [0.25, 0.3) is 5.56 Å². The Morgan fingerprint density at radius 2 is 1.86 bits per heavy atom. The third-order valence-electron chi connectivity index (χ3n) is 6.48. The van der Waals surface area contributed by atoms with Crippen LogP contribution in [0, 0.1) is 19.3 Å². The SMILES string of the molecule is C#CCn1c(=O)c2cnc(Nc3ccc(N4CCN(CCOC)CC4)cc3)nc2n1-c1cccc(C)n1. The Bertz CT molecular complexity index is 1480. The Labute approximate surface area is 215 Å². The number of nitrogens with zero attached hydrogens (tertiary/aromatic N) is 7. The molecule has 1 aliphatic heterocycles. The first-order valence-corrected chi connectivity index (χ1v) is 12.3. The van der Waals surface area contributed by atoms with Gasteiger partial charge in [-0.2, -0.15) is 4.98 Å². The first-order valence-electron chi connectivity index (χ1n) is 12.3. The molecule has 4 aromatic rings. The normalized spacial score (nSPS) is 14.1. The Morgan fingerprint density at radius 1 is 1.08 bits per heavy atom. The van der Waals surface area contributed by atoms with Crippen LogP contribution < -0.4 is 15.8 Å². The lowest BCUT2D eigenvalue weighted by Crippen LogP contribution is -2.47. The number of benzene rings is 1. The second-order valence-electron chi connectivity index (χ2n) is 8.94. The summed E-state index contributed by atoms with van der Waals surface area (Å²) in [5.74, 6) is 3.50. The standard InChI is InChI=1S/C27H30N8O2/c1-4-12-34-26(36)23-19-28-27(31-25(23)35(34)24-7-5-6-20(2)29-24)30-21-8-10-22(11-9-21)33-15-13-32(14-16-33)17-18-37-3/h1,5-11,19H,12-18H2,2-3H3,(H,28,30,31). The van der Waals surface area contributed by atoms with Crippen molar-refractivity contribution in [3.8, 4) is 18.2 Å². The van der Waals surface area contributed by atoms with E-state index in [1.807, 2.05) is 37.3 Å². The Hall–Kier alpha value is -4.20. The van der Waals surface area contributed by atoms with E-state index in [2.05, 4.69) is 48.1 Å². The number of piperazine rings is 1. The van der Waals surface area contributed by atoms with Crippen LogP contribution in [0.2, 0.25) is 0 Å². The zero-order chi connectivity index (χ0) is 25.8. The van der Waals surface area contributed by atoms with Gasteiger partial charge in [-0.05, 0) is 43.3 Å². The van der Waals surface area contributed by atoms with Gasteiger partial charge >= 0.3 is 0 Å². The molecule has 1 aromatic carbocycles. The molecule has 3 aromatic heterocycles. The largest absolute Gasteiger partial charge is 0.383 e. The van der Waals surface area contributed by atoms with E-state index < -0.39 is 0 Å². The van der Waals surface area contributed by atoms with Gasteiger partial charge in [0.1, 0.15) is 11.9 Å². The maximum Gasteiger partial charge on any atom is 0.279 e. The fraction of sp³-hybridized carbons (Fsp3) is 0.333. The lowest BCUT2D eigenvalue weighted by Gasteiger charge is -2.36. The maximum absolute atomic E-state index is 13.0. The fourth-order valence-corrected chi connectivity index (χ4v) is 4.53. The summed E-state index contributed by atoms with van der Waals surface area (Å²) in [7, 11) is 1.74. The zero-order valence-electron chi connectivity index (χ0n) is 21.1. The molecule has 10 heteroatoms. The number of nitrogens with one attached hydrogen (secondary N) is 1. The number of pyridine rings is 1. The zero-order valence-corrected chi connectivity index (χ0v) is 21.1. The van der Waals surface area contributed by atoms with E-state index in [4.69, 9.17) is 11.2 Å². The van der Waals surface area contributed by atoms with Crippen LogP contribution in [-0.4, -0.2) is 75.7 Å². The van der Waals surface area contributed by atoms with Crippen LogP contribution in [0.3, 0.4) is 0 Å². The minimum atomic E-state index is -0.255. The minimum absolute atomic E-state index is 0.0929. The first kappa shape index (κ1) is 24.5. The molecule has 5 rings (SSSR count). The summed E-state index contributed by atoms with van der Waals surface area (Å²) in [6.45, 7) is 7.73. The predicted octanol–water partition coefficient (Wildman–Crippen LogP) is 2.43. The lowest BCUT2D eigenvalue weighted by molar-refractivity contribution is 0.144. The second-order valence-corrected chi connectivity index (χ2v) is 8.94. The average molecular weight is 499 g/mol. The number of fused-ring (bicyclic) bond motifs is 1. The molecule has 0 spiro atoms. The summed E-state index contributed by atoms with van der Waals surface area (Å²) in [5, 5.41) is 3.64. The van der Waals surface area contributed by atoms with Gasteiger partial charge in [0.05, 0.1) is 6.61 Å².